The van der Waals surface area contributed by atoms with Gasteiger partial charge in [0, 0.05) is 26.1 Å². The van der Waals surface area contributed by atoms with Crippen LogP contribution in [0.1, 0.15) is 92.1 Å². The molecule has 0 saturated carbocycles. The van der Waals surface area contributed by atoms with Crippen LogP contribution in [0.5, 0.6) is 5.75 Å². The minimum Gasteiger partial charge on any atom is -0.508 e. The summed E-state index contributed by atoms with van der Waals surface area (Å²) in [5.74, 6) is -5.75. The molecule has 8 atom stereocenters. The van der Waals surface area contributed by atoms with Crippen molar-refractivity contribution in [3.05, 3.63) is 29.8 Å². The van der Waals surface area contributed by atoms with Gasteiger partial charge in [-0.1, -0.05) is 60.1 Å². The first-order valence-electron chi connectivity index (χ1n) is 23.5. The molecule has 2 aliphatic rings. The molecule has 3 rings (SSSR count). The Labute approximate surface area is 393 Å². The Hall–Kier alpha value is -5.38. The van der Waals surface area contributed by atoms with Crippen LogP contribution >= 0.6 is 0 Å². The number of phenolic OH excluding ortho intramolecular Hbond substituents is 1. The molecule has 0 bridgehead atoms. The Morgan fingerprint density at radius 3 is 1.81 bits per heavy atom. The second-order valence-corrected chi connectivity index (χ2v) is 18.2. The molecule has 1 aromatic rings. The summed E-state index contributed by atoms with van der Waals surface area (Å²) in [7, 11) is 0. The SMILES string of the molecule is CC[C@H](C)[C@H](NC(=O)[C@H](CO)NC(=O)[C@@H]1CCCN1C(=O)COCCOCCN)C(=O)N[C@@H](Cc1ccc(O)cc1)C(=O)N1CCC[C@H]1C(=O)N[C@@H](CC(C)C)C(=O)N[C@@H](CC(C)C)C(N)=O. The molecule has 11 N–H and O–H groups in total. The van der Waals surface area contributed by atoms with Crippen LogP contribution in [0.15, 0.2) is 24.3 Å². The number of rotatable bonds is 28. The lowest BCUT2D eigenvalue weighted by Crippen LogP contribution is -2.61. The highest BCUT2D eigenvalue weighted by molar-refractivity contribution is 5.98. The second-order valence-electron chi connectivity index (χ2n) is 18.2. The molecule has 8 amide bonds. The van der Waals surface area contributed by atoms with Crippen molar-refractivity contribution in [2.45, 2.75) is 135 Å². The van der Waals surface area contributed by atoms with Gasteiger partial charge in [-0.05, 0) is 74.0 Å². The van der Waals surface area contributed by atoms with Gasteiger partial charge in [-0.3, -0.25) is 38.4 Å². The Kier molecular flexibility index (Phi) is 23.4. The lowest BCUT2D eigenvalue weighted by atomic mass is 9.96. The van der Waals surface area contributed by atoms with Gasteiger partial charge >= 0.3 is 0 Å². The van der Waals surface area contributed by atoms with E-state index in [-0.39, 0.29) is 69.8 Å². The molecule has 0 unspecified atom stereocenters. The molecule has 0 aliphatic carbocycles. The number of aliphatic hydroxyl groups excluding tert-OH is 1. The third-order valence-electron chi connectivity index (χ3n) is 11.9. The van der Waals surface area contributed by atoms with E-state index in [2.05, 4.69) is 26.6 Å². The highest BCUT2D eigenvalue weighted by Gasteiger charge is 2.41. The quantitative estimate of drug-likeness (QED) is 0.0454. The van der Waals surface area contributed by atoms with E-state index in [1.54, 1.807) is 26.0 Å². The van der Waals surface area contributed by atoms with Crippen LogP contribution in [0.4, 0.5) is 0 Å². The zero-order valence-corrected chi connectivity index (χ0v) is 39.9. The molecule has 2 aliphatic heterocycles. The second kappa shape index (κ2) is 28.1. The molecule has 1 aromatic carbocycles. The van der Waals surface area contributed by atoms with E-state index in [1.807, 2.05) is 27.7 Å². The molecule has 376 valence electrons. The van der Waals surface area contributed by atoms with Crippen LogP contribution < -0.4 is 38.1 Å². The molecule has 21 nitrogen and oxygen atoms in total. The van der Waals surface area contributed by atoms with Crippen molar-refractivity contribution < 1.29 is 58.0 Å². The number of carbonyl (C=O) groups excluding carboxylic acids is 8. The van der Waals surface area contributed by atoms with Gasteiger partial charge in [0.25, 0.3) is 0 Å². The third-order valence-corrected chi connectivity index (χ3v) is 11.9. The van der Waals surface area contributed by atoms with E-state index in [0.717, 1.165) is 0 Å². The molecule has 67 heavy (non-hydrogen) atoms. The number of hydrogen-bond acceptors (Lipinski definition) is 13. The van der Waals surface area contributed by atoms with Gasteiger partial charge in [-0.25, -0.2) is 0 Å². The normalized spacial score (nSPS) is 18.7. The van der Waals surface area contributed by atoms with E-state index < -0.39 is 102 Å². The Morgan fingerprint density at radius 1 is 0.701 bits per heavy atom. The lowest BCUT2D eigenvalue weighted by Gasteiger charge is -2.32. The number of nitrogens with two attached hydrogens (primary N) is 2. The molecule has 2 saturated heterocycles. The summed E-state index contributed by atoms with van der Waals surface area (Å²) < 4.78 is 10.6. The number of nitrogens with one attached hydrogen (secondary N) is 5. The number of primary amides is 1. The van der Waals surface area contributed by atoms with Crippen LogP contribution in [0.3, 0.4) is 0 Å². The first kappa shape index (κ1) is 55.9. The fraction of sp³-hybridized carbons (Fsp3) is 0.696. The van der Waals surface area contributed by atoms with Crippen molar-refractivity contribution in [1.29, 1.82) is 0 Å². The summed E-state index contributed by atoms with van der Waals surface area (Å²) in [6, 6.07) is -1.97. The minimum atomic E-state index is -1.50. The van der Waals surface area contributed by atoms with E-state index >= 15 is 0 Å². The Morgan fingerprint density at radius 2 is 1.24 bits per heavy atom. The number of amides is 8. The summed E-state index contributed by atoms with van der Waals surface area (Å²) in [6.45, 7) is 11.4. The summed E-state index contributed by atoms with van der Waals surface area (Å²) in [5, 5.41) is 33.7. The number of aromatic hydroxyl groups is 1. The monoisotopic (exact) mass is 946 g/mol. The maximum atomic E-state index is 14.6. The number of nitrogens with zero attached hydrogens (tertiary/aromatic N) is 2. The number of phenols is 1. The molecule has 0 radical (unpaired) electrons. The highest BCUT2D eigenvalue weighted by Crippen LogP contribution is 2.23. The number of benzene rings is 1. The molecule has 0 spiro atoms. The number of aliphatic hydroxyl groups is 1. The van der Waals surface area contributed by atoms with Gasteiger partial charge in [0.2, 0.25) is 47.3 Å². The van der Waals surface area contributed by atoms with Crippen molar-refractivity contribution >= 4 is 47.3 Å². The van der Waals surface area contributed by atoms with Crippen molar-refractivity contribution in [3.63, 3.8) is 0 Å². The van der Waals surface area contributed by atoms with Gasteiger partial charge in [0.1, 0.15) is 54.6 Å². The average Bonchev–Trinajstić information content (AvgIpc) is 3.99. The molecule has 2 fully saturated rings. The Balaban J connectivity index is 1.80. The fourth-order valence-corrected chi connectivity index (χ4v) is 8.09. The smallest absolute Gasteiger partial charge is 0.249 e. The predicted molar refractivity (Wildman–Crippen MR) is 246 cm³/mol. The van der Waals surface area contributed by atoms with Crippen molar-refractivity contribution in [3.8, 4) is 5.75 Å². The first-order valence-corrected chi connectivity index (χ1v) is 23.5. The van der Waals surface area contributed by atoms with Gasteiger partial charge in [-0.15, -0.1) is 0 Å². The fourth-order valence-electron chi connectivity index (χ4n) is 8.09. The summed E-state index contributed by atoms with van der Waals surface area (Å²) in [6.07, 6.45) is 2.39. The van der Waals surface area contributed by atoms with Crippen molar-refractivity contribution in [2.24, 2.45) is 29.2 Å². The molecular weight excluding hydrogens is 871 g/mol. The number of likely N-dealkylation sites (tertiary alicyclic amines) is 2. The zero-order valence-electron chi connectivity index (χ0n) is 39.9. The maximum Gasteiger partial charge on any atom is 0.249 e. The molecule has 21 heteroatoms. The highest BCUT2D eigenvalue weighted by atomic mass is 16.5. The third kappa shape index (κ3) is 17.7. The lowest BCUT2D eigenvalue weighted by molar-refractivity contribution is -0.143. The van der Waals surface area contributed by atoms with Crippen molar-refractivity contribution in [1.82, 2.24) is 36.4 Å². The summed E-state index contributed by atoms with van der Waals surface area (Å²) in [5.41, 5.74) is 11.5. The van der Waals surface area contributed by atoms with Gasteiger partial charge in [0.05, 0.1) is 26.4 Å². The van der Waals surface area contributed by atoms with Crippen LogP contribution in [0.25, 0.3) is 0 Å². The standard InChI is InChI=1S/C46H75N9O12/c1-7-29(6)39(53-42(61)35(25-56)52-43(62)36-10-8-17-54(36)38(58)26-67-21-20-66-19-16-47)45(64)51-34(24-30-12-14-31(57)15-13-30)46(65)55-18-9-11-37(55)44(63)50-33(23-28(4)5)41(60)49-32(40(48)59)22-27(2)3/h12-15,27-29,32-37,39,56-57H,7-11,16-26,47H2,1-6H3,(H2,48,59)(H,49,60)(H,50,63)(H,51,64)(H,52,62)(H,53,61)/t29-,32-,33-,34-,35-,36-,37-,39-/m0/s1. The van der Waals surface area contributed by atoms with E-state index in [0.29, 0.717) is 50.8 Å². The summed E-state index contributed by atoms with van der Waals surface area (Å²) >= 11 is 0. The Bertz CT molecular complexity index is 1820. The largest absolute Gasteiger partial charge is 0.508 e. The topological polar surface area (TPSA) is 314 Å². The number of carbonyl (C=O) groups is 8. The van der Waals surface area contributed by atoms with Gasteiger partial charge in [0.15, 0.2) is 0 Å². The van der Waals surface area contributed by atoms with Gasteiger partial charge in [-0.2, -0.15) is 0 Å². The van der Waals surface area contributed by atoms with E-state index in [9.17, 15) is 48.6 Å². The number of hydrogen-bond donors (Lipinski definition) is 9. The van der Waals surface area contributed by atoms with E-state index in [4.69, 9.17) is 20.9 Å². The van der Waals surface area contributed by atoms with Crippen molar-refractivity contribution in [2.75, 3.05) is 52.7 Å². The minimum absolute atomic E-state index is 0.0233. The van der Waals surface area contributed by atoms with Crippen LogP contribution in [-0.4, -0.2) is 162 Å². The zero-order chi connectivity index (χ0) is 49.8. The van der Waals surface area contributed by atoms with Crippen LogP contribution in [0.2, 0.25) is 0 Å². The first-order chi connectivity index (χ1) is 31.8. The van der Waals surface area contributed by atoms with E-state index in [1.165, 1.54) is 21.9 Å². The number of ether oxygens (including phenoxy) is 2. The average molecular weight is 946 g/mol. The molecular formula is C46H75N9O12. The van der Waals surface area contributed by atoms with Crippen LogP contribution in [0, 0.1) is 17.8 Å². The van der Waals surface area contributed by atoms with Gasteiger partial charge < -0.3 is 67.5 Å². The maximum absolute atomic E-state index is 14.6. The molecule has 0 aromatic heterocycles. The molecule has 2 heterocycles. The predicted octanol–water partition coefficient (Wildman–Crippen LogP) is -1.05. The summed E-state index contributed by atoms with van der Waals surface area (Å²) in [4.78, 5) is 112. The van der Waals surface area contributed by atoms with Crippen LogP contribution in [-0.2, 0) is 54.3 Å².